The van der Waals surface area contributed by atoms with Crippen molar-refractivity contribution in [2.45, 2.75) is 12.2 Å². The van der Waals surface area contributed by atoms with Gasteiger partial charge in [-0.15, -0.1) is 0 Å². The van der Waals surface area contributed by atoms with Crippen LogP contribution in [0, 0.1) is 11.3 Å². The Morgan fingerprint density at radius 1 is 1.31 bits per heavy atom. The molecule has 0 amide bonds. The van der Waals surface area contributed by atoms with Gasteiger partial charge in [0.1, 0.15) is 6.10 Å². The number of ether oxygens (including phenoxy) is 1. The lowest BCUT2D eigenvalue weighted by Crippen LogP contribution is -1.83. The molecule has 1 aromatic carbocycles. The number of benzene rings is 1. The maximum absolute atomic E-state index is 8.46. The van der Waals surface area contributed by atoms with E-state index in [4.69, 9.17) is 10.00 Å². The number of rotatable bonds is 2. The van der Waals surface area contributed by atoms with Gasteiger partial charge in [0, 0.05) is 0 Å². The summed E-state index contributed by atoms with van der Waals surface area (Å²) < 4.78 is 5.04. The maximum Gasteiger partial charge on any atom is 0.174 e. The second-order valence-electron chi connectivity index (χ2n) is 2.92. The van der Waals surface area contributed by atoms with Gasteiger partial charge in [-0.2, -0.15) is 5.26 Å². The Morgan fingerprint density at radius 3 is 2.69 bits per heavy atom. The molecule has 0 bridgehead atoms. The van der Waals surface area contributed by atoms with E-state index >= 15 is 0 Å². The van der Waals surface area contributed by atoms with Gasteiger partial charge in [0.2, 0.25) is 0 Å². The van der Waals surface area contributed by atoms with Crippen molar-refractivity contribution in [3.63, 3.8) is 0 Å². The molecule has 1 heterocycles. The van der Waals surface area contributed by atoms with Crippen LogP contribution in [0.4, 0.5) is 0 Å². The molecule has 1 saturated heterocycles. The number of nitriles is 1. The highest BCUT2D eigenvalue weighted by atomic mass is 16.6. The van der Waals surface area contributed by atoms with Gasteiger partial charge in [0.25, 0.3) is 0 Å². The zero-order valence-corrected chi connectivity index (χ0v) is 7.05. The molecule has 1 fully saturated rings. The molecule has 1 aliphatic rings. The first-order valence-electron chi connectivity index (χ1n) is 4.18. The molecule has 0 spiro atoms. The Hall–Kier alpha value is -1.59. The third-order valence-corrected chi connectivity index (χ3v) is 1.93. The summed E-state index contributed by atoms with van der Waals surface area (Å²) in [7, 11) is 0. The molecule has 0 saturated carbocycles. The molecule has 2 rings (SSSR count). The van der Waals surface area contributed by atoms with Crippen molar-refractivity contribution in [3.05, 3.63) is 42.0 Å². The molecule has 13 heavy (non-hydrogen) atoms. The van der Waals surface area contributed by atoms with E-state index in [0.717, 1.165) is 5.56 Å². The third kappa shape index (κ3) is 1.95. The maximum atomic E-state index is 8.46. The van der Waals surface area contributed by atoms with E-state index in [1.165, 1.54) is 0 Å². The molecule has 0 N–H and O–H groups in total. The van der Waals surface area contributed by atoms with Crippen molar-refractivity contribution in [2.24, 2.45) is 0 Å². The number of nitrogens with zero attached hydrogens (tertiary/aromatic N) is 1. The molecule has 0 aliphatic carbocycles. The summed E-state index contributed by atoms with van der Waals surface area (Å²) in [5.74, 6) is 0. The van der Waals surface area contributed by atoms with E-state index in [1.54, 1.807) is 0 Å². The third-order valence-electron chi connectivity index (χ3n) is 1.93. The SMILES string of the molecule is N#C[C@H]1O[C@@H]1/C=C/c1ccccc1. The summed E-state index contributed by atoms with van der Waals surface area (Å²) in [5, 5.41) is 8.46. The highest BCUT2D eigenvalue weighted by molar-refractivity contribution is 5.50. The van der Waals surface area contributed by atoms with Crippen LogP contribution in [-0.2, 0) is 4.74 Å². The molecule has 64 valence electrons. The van der Waals surface area contributed by atoms with Crippen LogP contribution in [0.3, 0.4) is 0 Å². The van der Waals surface area contributed by atoms with E-state index in [9.17, 15) is 0 Å². The highest BCUT2D eigenvalue weighted by Crippen LogP contribution is 2.22. The molecular formula is C11H9NO. The Balaban J connectivity index is 1.97. The molecule has 1 aromatic rings. The minimum absolute atomic E-state index is 0.00482. The minimum Gasteiger partial charge on any atom is -0.349 e. The predicted octanol–water partition coefficient (Wildman–Crippen LogP) is 1.99. The van der Waals surface area contributed by atoms with Crippen LogP contribution in [0.15, 0.2) is 36.4 Å². The van der Waals surface area contributed by atoms with Crippen LogP contribution < -0.4 is 0 Å². The van der Waals surface area contributed by atoms with Gasteiger partial charge in [-0.25, -0.2) is 0 Å². The Morgan fingerprint density at radius 2 is 2.08 bits per heavy atom. The first-order valence-corrected chi connectivity index (χ1v) is 4.18. The fraction of sp³-hybridized carbons (Fsp3) is 0.182. The fourth-order valence-corrected chi connectivity index (χ4v) is 1.14. The lowest BCUT2D eigenvalue weighted by atomic mass is 10.2. The largest absolute Gasteiger partial charge is 0.349 e. The molecule has 0 aromatic heterocycles. The zero-order valence-electron chi connectivity index (χ0n) is 7.05. The topological polar surface area (TPSA) is 36.3 Å². The summed E-state index contributed by atoms with van der Waals surface area (Å²) >= 11 is 0. The van der Waals surface area contributed by atoms with Crippen LogP contribution in [0.2, 0.25) is 0 Å². The summed E-state index contributed by atoms with van der Waals surface area (Å²) in [6.07, 6.45) is 3.68. The first kappa shape index (κ1) is 8.03. The van der Waals surface area contributed by atoms with Gasteiger partial charge in [0.15, 0.2) is 6.10 Å². The molecule has 0 radical (unpaired) electrons. The summed E-state index contributed by atoms with van der Waals surface area (Å²) in [5.41, 5.74) is 1.13. The number of hydrogen-bond donors (Lipinski definition) is 0. The van der Waals surface area contributed by atoms with E-state index in [0.29, 0.717) is 0 Å². The van der Waals surface area contributed by atoms with E-state index in [1.807, 2.05) is 42.5 Å². The van der Waals surface area contributed by atoms with E-state index in [2.05, 4.69) is 6.07 Å². The Kier molecular flexibility index (Phi) is 2.11. The molecule has 2 nitrogen and oxygen atoms in total. The van der Waals surface area contributed by atoms with Crippen molar-refractivity contribution in [2.75, 3.05) is 0 Å². The molecule has 2 heteroatoms. The predicted molar refractivity (Wildman–Crippen MR) is 49.8 cm³/mol. The molecule has 1 aliphatic heterocycles. The average molecular weight is 171 g/mol. The van der Waals surface area contributed by atoms with Gasteiger partial charge < -0.3 is 4.74 Å². The smallest absolute Gasteiger partial charge is 0.174 e. The quantitative estimate of drug-likeness (QED) is 0.638. The van der Waals surface area contributed by atoms with Crippen LogP contribution in [-0.4, -0.2) is 12.2 Å². The van der Waals surface area contributed by atoms with Crippen molar-refractivity contribution in [1.29, 1.82) is 5.26 Å². The van der Waals surface area contributed by atoms with Crippen molar-refractivity contribution >= 4 is 6.08 Å². The standard InChI is InChI=1S/C11H9NO/c12-8-11-10(13-11)7-6-9-4-2-1-3-5-9/h1-7,10-11H/b7-6+/t10-,11-/m1/s1. The monoisotopic (exact) mass is 171 g/mol. The zero-order chi connectivity index (χ0) is 9.10. The fourth-order valence-electron chi connectivity index (χ4n) is 1.14. The molecule has 2 atom stereocenters. The molecule has 0 unspecified atom stereocenters. The van der Waals surface area contributed by atoms with Gasteiger partial charge >= 0.3 is 0 Å². The lowest BCUT2D eigenvalue weighted by molar-refractivity contribution is 0.416. The summed E-state index contributed by atoms with van der Waals surface area (Å²) in [4.78, 5) is 0. The van der Waals surface area contributed by atoms with Crippen molar-refractivity contribution in [3.8, 4) is 6.07 Å². The van der Waals surface area contributed by atoms with Crippen molar-refractivity contribution in [1.82, 2.24) is 0 Å². The second-order valence-corrected chi connectivity index (χ2v) is 2.92. The van der Waals surface area contributed by atoms with E-state index < -0.39 is 0 Å². The number of hydrogen-bond acceptors (Lipinski definition) is 2. The van der Waals surface area contributed by atoms with Crippen LogP contribution in [0.5, 0.6) is 0 Å². The Bertz CT molecular complexity index is 350. The molecular weight excluding hydrogens is 162 g/mol. The summed E-state index contributed by atoms with van der Waals surface area (Å²) in [6.45, 7) is 0. The van der Waals surface area contributed by atoms with Crippen molar-refractivity contribution < 1.29 is 4.74 Å². The highest BCUT2D eigenvalue weighted by Gasteiger charge is 2.36. The first-order chi connectivity index (χ1) is 6.40. The lowest BCUT2D eigenvalue weighted by Gasteiger charge is -1.88. The summed E-state index contributed by atoms with van der Waals surface area (Å²) in [6, 6.07) is 12.0. The van der Waals surface area contributed by atoms with Gasteiger partial charge in [-0.3, -0.25) is 0 Å². The van der Waals surface area contributed by atoms with Crippen LogP contribution in [0.1, 0.15) is 5.56 Å². The number of epoxide rings is 1. The van der Waals surface area contributed by atoms with Crippen LogP contribution >= 0.6 is 0 Å². The van der Waals surface area contributed by atoms with Crippen LogP contribution in [0.25, 0.3) is 6.08 Å². The van der Waals surface area contributed by atoms with Gasteiger partial charge in [-0.1, -0.05) is 42.5 Å². The van der Waals surface area contributed by atoms with Gasteiger partial charge in [-0.05, 0) is 5.56 Å². The Labute approximate surface area is 77.1 Å². The minimum atomic E-state index is -0.222. The normalized spacial score (nSPS) is 25.8. The van der Waals surface area contributed by atoms with E-state index in [-0.39, 0.29) is 12.2 Å². The second kappa shape index (κ2) is 3.42. The van der Waals surface area contributed by atoms with Gasteiger partial charge in [0.05, 0.1) is 6.07 Å². The average Bonchev–Trinajstić information content (AvgIpc) is 2.95.